The maximum absolute atomic E-state index is 11.2. The van der Waals surface area contributed by atoms with E-state index in [1.54, 1.807) is 7.05 Å². The van der Waals surface area contributed by atoms with Crippen LogP contribution >= 0.6 is 0 Å². The van der Waals surface area contributed by atoms with E-state index in [1.807, 2.05) is 6.92 Å². The average molecular weight is 230 g/mol. The number of nitrogens with zero attached hydrogens (tertiary/aromatic N) is 1. The van der Waals surface area contributed by atoms with E-state index in [4.69, 9.17) is 0 Å². The van der Waals surface area contributed by atoms with Gasteiger partial charge >= 0.3 is 5.97 Å². The maximum atomic E-state index is 11.2. The molecule has 0 spiro atoms. The molecular formula is C12H26N2O2. The highest BCUT2D eigenvalue weighted by atomic mass is 16.4. The highest BCUT2D eigenvalue weighted by Gasteiger charge is 2.34. The minimum atomic E-state index is -0.743. The van der Waals surface area contributed by atoms with Gasteiger partial charge in [-0.05, 0) is 52.9 Å². The molecular weight excluding hydrogens is 204 g/mol. The SMILES string of the molecule is CCCN(C)CCCC(CC)(NC)C(=O)O. The molecule has 0 aromatic heterocycles. The lowest BCUT2D eigenvalue weighted by atomic mass is 9.90. The van der Waals surface area contributed by atoms with Gasteiger partial charge in [-0.2, -0.15) is 0 Å². The van der Waals surface area contributed by atoms with Gasteiger partial charge in [-0.1, -0.05) is 13.8 Å². The first-order valence-electron chi connectivity index (χ1n) is 6.13. The molecule has 0 amide bonds. The fraction of sp³-hybridized carbons (Fsp3) is 0.917. The van der Waals surface area contributed by atoms with E-state index in [0.717, 1.165) is 25.9 Å². The topological polar surface area (TPSA) is 52.6 Å². The molecule has 1 unspecified atom stereocenters. The van der Waals surface area contributed by atoms with Gasteiger partial charge < -0.3 is 15.3 Å². The monoisotopic (exact) mass is 230 g/mol. The molecule has 1 atom stereocenters. The molecule has 16 heavy (non-hydrogen) atoms. The second kappa shape index (κ2) is 7.63. The molecule has 96 valence electrons. The van der Waals surface area contributed by atoms with E-state index in [1.165, 1.54) is 0 Å². The van der Waals surface area contributed by atoms with Gasteiger partial charge in [-0.3, -0.25) is 4.79 Å². The predicted molar refractivity (Wildman–Crippen MR) is 66.7 cm³/mol. The number of hydrogen-bond acceptors (Lipinski definition) is 3. The summed E-state index contributed by atoms with van der Waals surface area (Å²) in [6.07, 6.45) is 3.36. The van der Waals surface area contributed by atoms with Crippen LogP contribution in [0.4, 0.5) is 0 Å². The quantitative estimate of drug-likeness (QED) is 0.631. The molecule has 4 heteroatoms. The van der Waals surface area contributed by atoms with E-state index >= 15 is 0 Å². The van der Waals surface area contributed by atoms with Crippen LogP contribution in [0.15, 0.2) is 0 Å². The van der Waals surface area contributed by atoms with E-state index in [0.29, 0.717) is 12.8 Å². The molecule has 0 aromatic rings. The van der Waals surface area contributed by atoms with Gasteiger partial charge in [0.15, 0.2) is 0 Å². The first-order chi connectivity index (χ1) is 7.52. The van der Waals surface area contributed by atoms with Crippen molar-refractivity contribution >= 4 is 5.97 Å². The largest absolute Gasteiger partial charge is 0.480 e. The van der Waals surface area contributed by atoms with Gasteiger partial charge in [-0.25, -0.2) is 0 Å². The molecule has 0 radical (unpaired) electrons. The summed E-state index contributed by atoms with van der Waals surface area (Å²) in [5, 5.41) is 12.2. The Kier molecular flexibility index (Phi) is 7.34. The molecule has 0 bridgehead atoms. The lowest BCUT2D eigenvalue weighted by Gasteiger charge is -2.28. The zero-order chi connectivity index (χ0) is 12.6. The predicted octanol–water partition coefficient (Wildman–Crippen LogP) is 1.56. The normalized spacial score (nSPS) is 15.1. The summed E-state index contributed by atoms with van der Waals surface area (Å²) in [6.45, 7) is 6.11. The Morgan fingerprint density at radius 2 is 2.00 bits per heavy atom. The molecule has 0 aromatic carbocycles. The van der Waals surface area contributed by atoms with Crippen LogP contribution in [0.25, 0.3) is 0 Å². The van der Waals surface area contributed by atoms with Crippen molar-refractivity contribution in [1.29, 1.82) is 0 Å². The molecule has 0 saturated carbocycles. The van der Waals surface area contributed by atoms with Crippen molar-refractivity contribution in [2.75, 3.05) is 27.2 Å². The number of aliphatic carboxylic acids is 1. The standard InChI is InChI=1S/C12H26N2O2/c1-5-9-14(4)10-7-8-12(6-2,13-3)11(15)16/h13H,5-10H2,1-4H3,(H,15,16). The Morgan fingerprint density at radius 1 is 1.38 bits per heavy atom. The number of carboxylic acids is 1. The van der Waals surface area contributed by atoms with Gasteiger partial charge in [0.2, 0.25) is 0 Å². The molecule has 0 rings (SSSR count). The summed E-state index contributed by atoms with van der Waals surface area (Å²) in [6, 6.07) is 0. The average Bonchev–Trinajstić information content (AvgIpc) is 2.25. The zero-order valence-corrected chi connectivity index (χ0v) is 11.0. The summed E-state index contributed by atoms with van der Waals surface area (Å²) in [7, 11) is 3.81. The first-order valence-corrected chi connectivity index (χ1v) is 6.13. The minimum Gasteiger partial charge on any atom is -0.480 e. The molecule has 2 N–H and O–H groups in total. The Balaban J connectivity index is 4.08. The smallest absolute Gasteiger partial charge is 0.323 e. The Bertz CT molecular complexity index is 203. The van der Waals surface area contributed by atoms with Crippen LogP contribution < -0.4 is 5.32 Å². The molecule has 4 nitrogen and oxygen atoms in total. The van der Waals surface area contributed by atoms with Crippen LogP contribution in [0, 0.1) is 0 Å². The fourth-order valence-electron chi connectivity index (χ4n) is 1.99. The molecule has 0 aliphatic carbocycles. The molecule has 0 aliphatic heterocycles. The second-order valence-corrected chi connectivity index (χ2v) is 4.40. The summed E-state index contributed by atoms with van der Waals surface area (Å²) in [5.74, 6) is -0.740. The number of carboxylic acid groups (broad SMARTS) is 1. The fourth-order valence-corrected chi connectivity index (χ4v) is 1.99. The highest BCUT2D eigenvalue weighted by molar-refractivity contribution is 5.78. The maximum Gasteiger partial charge on any atom is 0.323 e. The van der Waals surface area contributed by atoms with Crippen LogP contribution in [0.2, 0.25) is 0 Å². The zero-order valence-electron chi connectivity index (χ0n) is 11.0. The number of nitrogens with one attached hydrogen (secondary N) is 1. The molecule has 0 fully saturated rings. The third-order valence-electron chi connectivity index (χ3n) is 3.24. The van der Waals surface area contributed by atoms with E-state index in [9.17, 15) is 9.90 Å². The van der Waals surface area contributed by atoms with Gasteiger partial charge in [0.25, 0.3) is 0 Å². The van der Waals surface area contributed by atoms with Crippen molar-refractivity contribution < 1.29 is 9.90 Å². The summed E-state index contributed by atoms with van der Waals surface area (Å²) in [5.41, 5.74) is -0.743. The van der Waals surface area contributed by atoms with Crippen molar-refractivity contribution in [3.63, 3.8) is 0 Å². The third-order valence-corrected chi connectivity index (χ3v) is 3.24. The lowest BCUT2D eigenvalue weighted by Crippen LogP contribution is -2.50. The van der Waals surface area contributed by atoms with E-state index in [-0.39, 0.29) is 0 Å². The van der Waals surface area contributed by atoms with Crippen LogP contribution in [0.1, 0.15) is 39.5 Å². The third kappa shape index (κ3) is 4.49. The Morgan fingerprint density at radius 3 is 2.38 bits per heavy atom. The summed E-state index contributed by atoms with van der Waals surface area (Å²) in [4.78, 5) is 13.5. The number of likely N-dealkylation sites (N-methyl/N-ethyl adjacent to an activating group) is 1. The van der Waals surface area contributed by atoms with Crippen molar-refractivity contribution in [3.8, 4) is 0 Å². The molecule has 0 aliphatic rings. The minimum absolute atomic E-state index is 0.621. The number of carbonyl (C=O) groups is 1. The Labute approximate surface area is 99.0 Å². The summed E-state index contributed by atoms with van der Waals surface area (Å²) < 4.78 is 0. The Hall–Kier alpha value is -0.610. The first kappa shape index (κ1) is 15.4. The van der Waals surface area contributed by atoms with E-state index in [2.05, 4.69) is 24.2 Å². The molecule has 0 heterocycles. The highest BCUT2D eigenvalue weighted by Crippen LogP contribution is 2.17. The van der Waals surface area contributed by atoms with Gasteiger partial charge in [0.05, 0.1) is 0 Å². The number of hydrogen-bond donors (Lipinski definition) is 2. The lowest BCUT2D eigenvalue weighted by molar-refractivity contribution is -0.145. The molecule has 0 saturated heterocycles. The van der Waals surface area contributed by atoms with Gasteiger partial charge in [0, 0.05) is 0 Å². The van der Waals surface area contributed by atoms with Gasteiger partial charge in [0.1, 0.15) is 5.54 Å². The van der Waals surface area contributed by atoms with Crippen molar-refractivity contribution in [3.05, 3.63) is 0 Å². The van der Waals surface area contributed by atoms with Gasteiger partial charge in [-0.15, -0.1) is 0 Å². The van der Waals surface area contributed by atoms with Crippen LogP contribution in [0.5, 0.6) is 0 Å². The van der Waals surface area contributed by atoms with Crippen molar-refractivity contribution in [2.45, 2.75) is 45.1 Å². The van der Waals surface area contributed by atoms with Crippen molar-refractivity contribution in [1.82, 2.24) is 10.2 Å². The van der Waals surface area contributed by atoms with E-state index < -0.39 is 11.5 Å². The van der Waals surface area contributed by atoms with Crippen molar-refractivity contribution in [2.24, 2.45) is 0 Å². The second-order valence-electron chi connectivity index (χ2n) is 4.40. The van der Waals surface area contributed by atoms with Crippen LogP contribution in [0.3, 0.4) is 0 Å². The van der Waals surface area contributed by atoms with Crippen LogP contribution in [-0.4, -0.2) is 48.7 Å². The van der Waals surface area contributed by atoms with Crippen LogP contribution in [-0.2, 0) is 4.79 Å². The summed E-state index contributed by atoms with van der Waals surface area (Å²) >= 11 is 0. The number of rotatable bonds is 9.